The average molecular weight is 251 g/mol. The van der Waals surface area contributed by atoms with Crippen LogP contribution in [0.4, 0.5) is 5.69 Å². The van der Waals surface area contributed by atoms with Gasteiger partial charge in [-0.1, -0.05) is 6.92 Å². The Kier molecular flexibility index (Phi) is 3.92. The first-order chi connectivity index (χ1) is 8.65. The summed E-state index contributed by atoms with van der Waals surface area (Å²) in [6.45, 7) is 3.66. The van der Waals surface area contributed by atoms with Gasteiger partial charge in [0.2, 0.25) is 0 Å². The van der Waals surface area contributed by atoms with Gasteiger partial charge in [-0.2, -0.15) is 0 Å². The lowest BCUT2D eigenvalue weighted by Gasteiger charge is -2.19. The summed E-state index contributed by atoms with van der Waals surface area (Å²) in [5, 5.41) is 11.9. The lowest BCUT2D eigenvalue weighted by molar-refractivity contribution is -0.137. The number of ether oxygens (including phenoxy) is 2. The molecule has 1 aliphatic rings. The van der Waals surface area contributed by atoms with Gasteiger partial charge in [-0.25, -0.2) is 0 Å². The Bertz CT molecular complexity index is 433. The van der Waals surface area contributed by atoms with Crippen LogP contribution in [0.15, 0.2) is 18.2 Å². The van der Waals surface area contributed by atoms with Crippen LogP contribution in [0.25, 0.3) is 0 Å². The number of hydrogen-bond acceptors (Lipinski definition) is 4. The third-order valence-corrected chi connectivity index (χ3v) is 2.72. The Hall–Kier alpha value is -1.91. The second-order valence-corrected chi connectivity index (χ2v) is 4.44. The molecule has 1 atom stereocenters. The van der Waals surface area contributed by atoms with Gasteiger partial charge >= 0.3 is 5.97 Å². The van der Waals surface area contributed by atoms with Crippen LogP contribution in [0, 0.1) is 5.92 Å². The number of aliphatic carboxylic acids is 1. The number of hydrogen-bond donors (Lipinski definition) is 2. The van der Waals surface area contributed by atoms with E-state index in [0.29, 0.717) is 19.8 Å². The van der Waals surface area contributed by atoms with E-state index in [0.717, 1.165) is 17.2 Å². The zero-order chi connectivity index (χ0) is 13.0. The molecule has 0 aliphatic carbocycles. The van der Waals surface area contributed by atoms with Crippen molar-refractivity contribution in [3.63, 3.8) is 0 Å². The number of anilines is 1. The Labute approximate surface area is 106 Å². The second-order valence-electron chi connectivity index (χ2n) is 4.44. The minimum Gasteiger partial charge on any atom is -0.486 e. The van der Waals surface area contributed by atoms with Gasteiger partial charge in [0.15, 0.2) is 11.5 Å². The maximum Gasteiger partial charge on any atom is 0.303 e. The minimum absolute atomic E-state index is 0.0794. The van der Waals surface area contributed by atoms with Crippen LogP contribution >= 0.6 is 0 Å². The van der Waals surface area contributed by atoms with E-state index < -0.39 is 5.97 Å². The van der Waals surface area contributed by atoms with Gasteiger partial charge in [0.1, 0.15) is 13.2 Å². The molecule has 5 nitrogen and oxygen atoms in total. The molecule has 0 aromatic heterocycles. The molecule has 1 aliphatic heterocycles. The Morgan fingerprint density at radius 3 is 2.83 bits per heavy atom. The number of fused-ring (bicyclic) bond motifs is 1. The van der Waals surface area contributed by atoms with Crippen molar-refractivity contribution < 1.29 is 19.4 Å². The first kappa shape index (κ1) is 12.5. The number of carboxylic acids is 1. The maximum absolute atomic E-state index is 10.5. The number of nitrogens with one attached hydrogen (secondary N) is 1. The molecule has 1 aromatic carbocycles. The van der Waals surface area contributed by atoms with Gasteiger partial charge in [-0.15, -0.1) is 0 Å². The average Bonchev–Trinajstić information content (AvgIpc) is 2.35. The van der Waals surface area contributed by atoms with Crippen LogP contribution in [-0.4, -0.2) is 30.8 Å². The van der Waals surface area contributed by atoms with Crippen molar-refractivity contribution in [2.75, 3.05) is 25.1 Å². The molecule has 0 bridgehead atoms. The molecular formula is C13H17NO4. The third kappa shape index (κ3) is 3.29. The summed E-state index contributed by atoms with van der Waals surface area (Å²) in [5.74, 6) is 0.796. The first-order valence-electron chi connectivity index (χ1n) is 6.00. The van der Waals surface area contributed by atoms with Crippen molar-refractivity contribution in [1.29, 1.82) is 0 Å². The Morgan fingerprint density at radius 1 is 1.39 bits per heavy atom. The SMILES string of the molecule is CC(CNc1ccc2c(c1)OCCO2)CC(=O)O. The van der Waals surface area contributed by atoms with E-state index >= 15 is 0 Å². The van der Waals surface area contributed by atoms with Gasteiger partial charge in [-0.05, 0) is 18.1 Å². The fraction of sp³-hybridized carbons (Fsp3) is 0.462. The van der Waals surface area contributed by atoms with Crippen molar-refractivity contribution >= 4 is 11.7 Å². The zero-order valence-corrected chi connectivity index (χ0v) is 10.3. The first-order valence-corrected chi connectivity index (χ1v) is 6.00. The van der Waals surface area contributed by atoms with E-state index in [1.807, 2.05) is 25.1 Å². The largest absolute Gasteiger partial charge is 0.486 e. The predicted molar refractivity (Wildman–Crippen MR) is 67.3 cm³/mol. The van der Waals surface area contributed by atoms with Crippen LogP contribution in [0.1, 0.15) is 13.3 Å². The molecule has 2 rings (SSSR count). The van der Waals surface area contributed by atoms with E-state index in [1.54, 1.807) is 0 Å². The van der Waals surface area contributed by atoms with Gasteiger partial charge in [-0.3, -0.25) is 4.79 Å². The minimum atomic E-state index is -0.772. The molecule has 0 fully saturated rings. The van der Waals surface area contributed by atoms with E-state index in [-0.39, 0.29) is 12.3 Å². The molecule has 1 aromatic rings. The monoisotopic (exact) mass is 251 g/mol. The third-order valence-electron chi connectivity index (χ3n) is 2.72. The van der Waals surface area contributed by atoms with Crippen molar-refractivity contribution in [1.82, 2.24) is 0 Å². The molecule has 98 valence electrons. The molecule has 18 heavy (non-hydrogen) atoms. The van der Waals surface area contributed by atoms with Crippen molar-refractivity contribution in [2.24, 2.45) is 5.92 Å². The summed E-state index contributed by atoms with van der Waals surface area (Å²) in [7, 11) is 0. The molecule has 0 saturated heterocycles. The van der Waals surface area contributed by atoms with Crippen LogP contribution < -0.4 is 14.8 Å². The number of benzene rings is 1. The Balaban J connectivity index is 1.91. The fourth-order valence-corrected chi connectivity index (χ4v) is 1.82. The van der Waals surface area contributed by atoms with Crippen molar-refractivity contribution in [3.05, 3.63) is 18.2 Å². The predicted octanol–water partition coefficient (Wildman–Crippen LogP) is 1.98. The van der Waals surface area contributed by atoms with E-state index in [4.69, 9.17) is 14.6 Å². The van der Waals surface area contributed by atoms with Crippen molar-refractivity contribution in [2.45, 2.75) is 13.3 Å². The highest BCUT2D eigenvalue weighted by Gasteiger charge is 2.12. The van der Waals surface area contributed by atoms with Gasteiger partial charge in [0, 0.05) is 24.7 Å². The number of rotatable bonds is 5. The fourth-order valence-electron chi connectivity index (χ4n) is 1.82. The standard InChI is InChI=1S/C13H17NO4/c1-9(6-13(15)16)8-14-10-2-3-11-12(7-10)18-5-4-17-11/h2-3,7,9,14H,4-6,8H2,1H3,(H,15,16). The smallest absolute Gasteiger partial charge is 0.303 e. The summed E-state index contributed by atoms with van der Waals surface area (Å²) >= 11 is 0. The van der Waals surface area contributed by atoms with E-state index in [1.165, 1.54) is 0 Å². The lowest BCUT2D eigenvalue weighted by atomic mass is 10.1. The lowest BCUT2D eigenvalue weighted by Crippen LogP contribution is -2.17. The van der Waals surface area contributed by atoms with E-state index in [9.17, 15) is 4.79 Å². The molecule has 1 heterocycles. The summed E-state index contributed by atoms with van der Waals surface area (Å²) in [6.07, 6.45) is 0.164. The molecule has 2 N–H and O–H groups in total. The number of carboxylic acid groups (broad SMARTS) is 1. The Morgan fingerprint density at radius 2 is 2.11 bits per heavy atom. The maximum atomic E-state index is 10.5. The highest BCUT2D eigenvalue weighted by atomic mass is 16.6. The van der Waals surface area contributed by atoms with Crippen molar-refractivity contribution in [3.8, 4) is 11.5 Å². The highest BCUT2D eigenvalue weighted by Crippen LogP contribution is 2.32. The van der Waals surface area contributed by atoms with Crippen LogP contribution in [0.2, 0.25) is 0 Å². The normalized spacial score (nSPS) is 14.9. The van der Waals surface area contributed by atoms with Gasteiger partial charge < -0.3 is 19.9 Å². The topological polar surface area (TPSA) is 67.8 Å². The second kappa shape index (κ2) is 5.62. The van der Waals surface area contributed by atoms with Gasteiger partial charge in [0.05, 0.1) is 0 Å². The summed E-state index contributed by atoms with van der Waals surface area (Å²) < 4.78 is 10.9. The quantitative estimate of drug-likeness (QED) is 0.837. The molecular weight excluding hydrogens is 234 g/mol. The molecule has 0 spiro atoms. The van der Waals surface area contributed by atoms with Crippen LogP contribution in [0.5, 0.6) is 11.5 Å². The molecule has 0 radical (unpaired) electrons. The summed E-state index contributed by atoms with van der Waals surface area (Å²) in [4.78, 5) is 10.5. The van der Waals surface area contributed by atoms with Crippen LogP contribution in [-0.2, 0) is 4.79 Å². The molecule has 5 heteroatoms. The molecule has 1 unspecified atom stereocenters. The van der Waals surface area contributed by atoms with Crippen LogP contribution in [0.3, 0.4) is 0 Å². The molecule has 0 amide bonds. The summed E-state index contributed by atoms with van der Waals surface area (Å²) in [5.41, 5.74) is 0.913. The van der Waals surface area contributed by atoms with E-state index in [2.05, 4.69) is 5.32 Å². The van der Waals surface area contributed by atoms with Gasteiger partial charge in [0.25, 0.3) is 0 Å². The summed E-state index contributed by atoms with van der Waals surface area (Å²) in [6, 6.07) is 5.64. The molecule has 0 saturated carbocycles. The highest BCUT2D eigenvalue weighted by molar-refractivity contribution is 5.67. The number of carbonyl (C=O) groups is 1. The zero-order valence-electron chi connectivity index (χ0n) is 10.3.